The lowest BCUT2D eigenvalue weighted by molar-refractivity contribution is 0.0685. The molecule has 188 valence electrons. The van der Waals surface area contributed by atoms with Crippen molar-refractivity contribution in [2.45, 2.75) is 32.5 Å². The zero-order valence-electron chi connectivity index (χ0n) is 21.1. The van der Waals surface area contributed by atoms with E-state index in [2.05, 4.69) is 30.3 Å². The maximum absolute atomic E-state index is 13.6. The van der Waals surface area contributed by atoms with E-state index in [9.17, 15) is 4.79 Å². The smallest absolute Gasteiger partial charge is 0.257 e. The molecule has 1 heterocycles. The van der Waals surface area contributed by atoms with E-state index in [-0.39, 0.29) is 5.91 Å². The summed E-state index contributed by atoms with van der Waals surface area (Å²) in [5.74, 6) is 1.88. The molecule has 0 spiro atoms. The lowest BCUT2D eigenvalue weighted by Gasteiger charge is -2.32. The van der Waals surface area contributed by atoms with Gasteiger partial charge in [0.05, 0.1) is 5.56 Å². The fourth-order valence-corrected chi connectivity index (χ4v) is 4.82. The zero-order chi connectivity index (χ0) is 25.3. The van der Waals surface area contributed by atoms with Crippen molar-refractivity contribution in [2.75, 3.05) is 13.1 Å². The Bertz CT molecular complexity index is 1270. The van der Waals surface area contributed by atoms with Crippen LogP contribution in [-0.4, -0.2) is 23.9 Å². The molecule has 4 aromatic carbocycles. The van der Waals surface area contributed by atoms with Gasteiger partial charge in [0.15, 0.2) is 0 Å². The molecule has 1 fully saturated rings. The number of benzene rings is 4. The number of piperidine rings is 1. The van der Waals surface area contributed by atoms with E-state index in [1.54, 1.807) is 0 Å². The van der Waals surface area contributed by atoms with Gasteiger partial charge in [-0.2, -0.15) is 0 Å². The van der Waals surface area contributed by atoms with Crippen molar-refractivity contribution in [3.05, 3.63) is 131 Å². The molecule has 0 radical (unpaired) electrons. The Labute approximate surface area is 219 Å². The number of carbonyl (C=O) groups excluding carboxylic acids is 1. The van der Waals surface area contributed by atoms with Crippen molar-refractivity contribution in [1.82, 2.24) is 4.90 Å². The molecule has 0 saturated carbocycles. The van der Waals surface area contributed by atoms with E-state index in [4.69, 9.17) is 9.47 Å². The number of carbonyl (C=O) groups is 1. The Hall–Kier alpha value is -4.05. The molecule has 1 aliphatic rings. The molecule has 37 heavy (non-hydrogen) atoms. The average molecular weight is 492 g/mol. The summed E-state index contributed by atoms with van der Waals surface area (Å²) in [6.07, 6.45) is 3.10. The van der Waals surface area contributed by atoms with Gasteiger partial charge >= 0.3 is 0 Å². The first-order valence-electron chi connectivity index (χ1n) is 13.1. The third kappa shape index (κ3) is 6.79. The predicted molar refractivity (Wildman–Crippen MR) is 147 cm³/mol. The molecule has 1 saturated heterocycles. The third-order valence-corrected chi connectivity index (χ3v) is 6.94. The number of hydrogen-bond donors (Lipinski definition) is 0. The number of likely N-dealkylation sites (tertiary alicyclic amines) is 1. The standard InChI is InChI=1S/C33H33NO3/c35-33(34-20-18-27(19-21-34)22-26-10-4-1-5-11-26)31-17-16-30(36-24-28-12-6-2-7-13-28)23-32(31)37-25-29-14-8-3-9-15-29/h1-17,23,27H,18-22,24-25H2. The molecule has 4 aromatic rings. The molecule has 1 amide bonds. The second-order valence-electron chi connectivity index (χ2n) is 9.63. The highest BCUT2D eigenvalue weighted by atomic mass is 16.5. The van der Waals surface area contributed by atoms with Gasteiger partial charge in [-0.3, -0.25) is 4.79 Å². The minimum Gasteiger partial charge on any atom is -0.489 e. The van der Waals surface area contributed by atoms with Gasteiger partial charge in [-0.25, -0.2) is 0 Å². The Morgan fingerprint density at radius 2 is 1.22 bits per heavy atom. The van der Waals surface area contributed by atoms with Crippen LogP contribution < -0.4 is 9.47 Å². The van der Waals surface area contributed by atoms with Crippen LogP contribution in [-0.2, 0) is 19.6 Å². The van der Waals surface area contributed by atoms with E-state index in [0.717, 1.165) is 43.5 Å². The topological polar surface area (TPSA) is 38.8 Å². The van der Waals surface area contributed by atoms with E-state index in [1.807, 2.05) is 83.8 Å². The van der Waals surface area contributed by atoms with E-state index in [1.165, 1.54) is 5.56 Å². The number of nitrogens with zero attached hydrogens (tertiary/aromatic N) is 1. The van der Waals surface area contributed by atoms with E-state index >= 15 is 0 Å². The molecule has 4 nitrogen and oxygen atoms in total. The Morgan fingerprint density at radius 3 is 1.81 bits per heavy atom. The summed E-state index contributed by atoms with van der Waals surface area (Å²) in [4.78, 5) is 15.6. The normalized spacial score (nSPS) is 13.8. The minimum atomic E-state index is 0.0239. The highest BCUT2D eigenvalue weighted by Crippen LogP contribution is 2.30. The average Bonchev–Trinajstić information content (AvgIpc) is 2.97. The van der Waals surface area contributed by atoms with Crippen molar-refractivity contribution in [3.63, 3.8) is 0 Å². The quantitative estimate of drug-likeness (QED) is 0.255. The van der Waals surface area contributed by atoms with E-state index < -0.39 is 0 Å². The molecule has 0 bridgehead atoms. The second-order valence-corrected chi connectivity index (χ2v) is 9.63. The van der Waals surface area contributed by atoms with Crippen LogP contribution in [0.25, 0.3) is 0 Å². The molecule has 5 rings (SSSR count). The lowest BCUT2D eigenvalue weighted by Crippen LogP contribution is -2.39. The molecule has 0 atom stereocenters. The van der Waals surface area contributed by atoms with Gasteiger partial charge in [0.2, 0.25) is 0 Å². The van der Waals surface area contributed by atoms with Crippen LogP contribution >= 0.6 is 0 Å². The molecular formula is C33H33NO3. The fraction of sp³-hybridized carbons (Fsp3) is 0.242. The van der Waals surface area contributed by atoms with Crippen LogP contribution in [0.5, 0.6) is 11.5 Å². The Kier molecular flexibility index (Phi) is 8.17. The first-order chi connectivity index (χ1) is 18.2. The van der Waals surface area contributed by atoms with Gasteiger partial charge in [0, 0.05) is 19.2 Å². The Morgan fingerprint density at radius 1 is 0.676 bits per heavy atom. The van der Waals surface area contributed by atoms with Crippen molar-refractivity contribution < 1.29 is 14.3 Å². The maximum Gasteiger partial charge on any atom is 0.257 e. The molecule has 0 aliphatic carbocycles. The van der Waals surface area contributed by atoms with E-state index in [0.29, 0.717) is 36.2 Å². The number of rotatable bonds is 9. The number of ether oxygens (including phenoxy) is 2. The van der Waals surface area contributed by atoms with Crippen LogP contribution in [0.3, 0.4) is 0 Å². The van der Waals surface area contributed by atoms with Gasteiger partial charge in [-0.1, -0.05) is 91.0 Å². The fourth-order valence-electron chi connectivity index (χ4n) is 4.82. The lowest BCUT2D eigenvalue weighted by atomic mass is 9.90. The van der Waals surface area contributed by atoms with Gasteiger partial charge in [-0.15, -0.1) is 0 Å². The van der Waals surface area contributed by atoms with Crippen LogP contribution in [0.2, 0.25) is 0 Å². The largest absolute Gasteiger partial charge is 0.489 e. The summed E-state index contributed by atoms with van der Waals surface area (Å²) in [6.45, 7) is 2.38. The molecule has 1 aliphatic heterocycles. The van der Waals surface area contributed by atoms with Gasteiger partial charge < -0.3 is 14.4 Å². The predicted octanol–water partition coefficient (Wildman–Crippen LogP) is 6.94. The van der Waals surface area contributed by atoms with Crippen molar-refractivity contribution in [3.8, 4) is 11.5 Å². The molecular weight excluding hydrogens is 458 g/mol. The SMILES string of the molecule is O=C(c1ccc(OCc2ccccc2)cc1OCc1ccccc1)N1CCC(Cc2ccccc2)CC1. The first-order valence-corrected chi connectivity index (χ1v) is 13.1. The zero-order valence-corrected chi connectivity index (χ0v) is 21.1. The summed E-state index contributed by atoms with van der Waals surface area (Å²) in [7, 11) is 0. The number of amides is 1. The van der Waals surface area contributed by atoms with Gasteiger partial charge in [0.25, 0.3) is 5.91 Å². The molecule has 0 N–H and O–H groups in total. The number of hydrogen-bond acceptors (Lipinski definition) is 3. The third-order valence-electron chi connectivity index (χ3n) is 6.94. The van der Waals surface area contributed by atoms with Crippen LogP contribution in [0.4, 0.5) is 0 Å². The molecule has 0 unspecified atom stereocenters. The minimum absolute atomic E-state index is 0.0239. The maximum atomic E-state index is 13.6. The monoisotopic (exact) mass is 491 g/mol. The second kappa shape index (κ2) is 12.3. The van der Waals surface area contributed by atoms with Crippen LogP contribution in [0, 0.1) is 5.92 Å². The Balaban J connectivity index is 1.27. The highest BCUT2D eigenvalue weighted by Gasteiger charge is 2.26. The highest BCUT2D eigenvalue weighted by molar-refractivity contribution is 5.97. The van der Waals surface area contributed by atoms with Crippen LogP contribution in [0.15, 0.2) is 109 Å². The molecule has 0 aromatic heterocycles. The summed E-state index contributed by atoms with van der Waals surface area (Å²) in [5.41, 5.74) is 4.10. The summed E-state index contributed by atoms with van der Waals surface area (Å²) < 4.78 is 12.2. The summed E-state index contributed by atoms with van der Waals surface area (Å²) in [6, 6.07) is 36.3. The van der Waals surface area contributed by atoms with Crippen molar-refractivity contribution in [1.29, 1.82) is 0 Å². The summed E-state index contributed by atoms with van der Waals surface area (Å²) >= 11 is 0. The van der Waals surface area contributed by atoms with Crippen molar-refractivity contribution in [2.24, 2.45) is 5.92 Å². The van der Waals surface area contributed by atoms with Crippen molar-refractivity contribution >= 4 is 5.91 Å². The van der Waals surface area contributed by atoms with Gasteiger partial charge in [0.1, 0.15) is 24.7 Å². The van der Waals surface area contributed by atoms with Crippen LogP contribution in [0.1, 0.15) is 39.9 Å². The molecule has 4 heteroatoms. The van der Waals surface area contributed by atoms with Gasteiger partial charge in [-0.05, 0) is 54.0 Å². The summed E-state index contributed by atoms with van der Waals surface area (Å²) in [5, 5.41) is 0. The first kappa shape index (κ1) is 24.6.